The summed E-state index contributed by atoms with van der Waals surface area (Å²) in [5.41, 5.74) is 2.35. The molecule has 8 heteroatoms. The Bertz CT molecular complexity index is 1040. The number of carbonyl (C=O) groups is 1. The first-order chi connectivity index (χ1) is 13.4. The standard InChI is InChI=1S/C20H21N3O4S/c1-15-5-10-18(27-2)19(14-15)28(25,26)22-11-3-4-16-6-8-17(9-7-16)23-13-12-21-20(23)24/h5-10,14,22H,11-13H2,1-2H3,(H,21,24). The van der Waals surface area contributed by atoms with Gasteiger partial charge in [-0.2, -0.15) is 4.72 Å². The summed E-state index contributed by atoms with van der Waals surface area (Å²) in [5.74, 6) is 6.00. The highest BCUT2D eigenvalue weighted by atomic mass is 32.2. The van der Waals surface area contributed by atoms with Crippen molar-refractivity contribution in [1.29, 1.82) is 0 Å². The van der Waals surface area contributed by atoms with Crippen LogP contribution in [0.3, 0.4) is 0 Å². The van der Waals surface area contributed by atoms with Gasteiger partial charge in [-0.05, 0) is 48.9 Å². The molecule has 0 aliphatic carbocycles. The summed E-state index contributed by atoms with van der Waals surface area (Å²) in [6, 6.07) is 12.1. The Balaban J connectivity index is 1.65. The number of nitrogens with zero attached hydrogens (tertiary/aromatic N) is 1. The minimum atomic E-state index is -3.73. The molecule has 0 unspecified atom stereocenters. The van der Waals surface area contributed by atoms with E-state index in [9.17, 15) is 13.2 Å². The predicted molar refractivity (Wildman–Crippen MR) is 107 cm³/mol. The topological polar surface area (TPSA) is 87.7 Å². The maximum Gasteiger partial charge on any atom is 0.321 e. The summed E-state index contributed by atoms with van der Waals surface area (Å²) < 4.78 is 32.6. The highest BCUT2D eigenvalue weighted by Gasteiger charge is 2.21. The number of benzene rings is 2. The molecule has 7 nitrogen and oxygen atoms in total. The smallest absolute Gasteiger partial charge is 0.321 e. The predicted octanol–water partition coefficient (Wildman–Crippen LogP) is 1.86. The molecule has 0 atom stereocenters. The number of nitrogens with one attached hydrogen (secondary N) is 2. The average Bonchev–Trinajstić information content (AvgIpc) is 3.11. The van der Waals surface area contributed by atoms with Gasteiger partial charge in [0, 0.05) is 24.3 Å². The van der Waals surface area contributed by atoms with E-state index >= 15 is 0 Å². The van der Waals surface area contributed by atoms with Gasteiger partial charge >= 0.3 is 6.03 Å². The second-order valence-corrected chi connectivity index (χ2v) is 7.95. The van der Waals surface area contributed by atoms with Crippen molar-refractivity contribution in [3.63, 3.8) is 0 Å². The minimum absolute atomic E-state index is 0.0320. The van der Waals surface area contributed by atoms with E-state index in [1.54, 1.807) is 35.2 Å². The number of rotatable bonds is 5. The molecular formula is C20H21N3O4S. The highest BCUT2D eigenvalue weighted by Crippen LogP contribution is 2.24. The van der Waals surface area contributed by atoms with E-state index in [0.29, 0.717) is 13.1 Å². The van der Waals surface area contributed by atoms with Crippen molar-refractivity contribution in [2.24, 2.45) is 0 Å². The van der Waals surface area contributed by atoms with Gasteiger partial charge < -0.3 is 10.1 Å². The molecule has 1 fully saturated rings. The Hall–Kier alpha value is -3.02. The second-order valence-electron chi connectivity index (χ2n) is 6.21. The van der Waals surface area contributed by atoms with Crippen molar-refractivity contribution >= 4 is 21.7 Å². The van der Waals surface area contributed by atoms with Crippen molar-refractivity contribution in [1.82, 2.24) is 10.0 Å². The minimum Gasteiger partial charge on any atom is -0.495 e. The van der Waals surface area contributed by atoms with Crippen LogP contribution in [0.4, 0.5) is 10.5 Å². The van der Waals surface area contributed by atoms with Crippen LogP contribution in [0.15, 0.2) is 47.4 Å². The molecule has 0 spiro atoms. The van der Waals surface area contributed by atoms with Crippen LogP contribution in [-0.4, -0.2) is 41.2 Å². The molecule has 3 rings (SSSR count). The zero-order valence-corrected chi connectivity index (χ0v) is 16.5. The Kier molecular flexibility index (Phi) is 5.87. The van der Waals surface area contributed by atoms with Gasteiger partial charge in [0.25, 0.3) is 0 Å². The normalized spacial score (nSPS) is 13.6. The Morgan fingerprint density at radius 2 is 1.96 bits per heavy atom. The Labute approximate surface area is 164 Å². The van der Waals surface area contributed by atoms with Crippen LogP contribution in [0.1, 0.15) is 11.1 Å². The lowest BCUT2D eigenvalue weighted by atomic mass is 10.2. The molecule has 1 aliphatic heterocycles. The van der Waals surface area contributed by atoms with Gasteiger partial charge in [0.1, 0.15) is 10.6 Å². The molecule has 0 bridgehead atoms. The average molecular weight is 399 g/mol. The number of sulfonamides is 1. The van der Waals surface area contributed by atoms with E-state index in [2.05, 4.69) is 21.9 Å². The van der Waals surface area contributed by atoms with E-state index < -0.39 is 10.0 Å². The Morgan fingerprint density at radius 1 is 1.21 bits per heavy atom. The molecule has 28 heavy (non-hydrogen) atoms. The number of ether oxygens (including phenoxy) is 1. The second kappa shape index (κ2) is 8.33. The number of aryl methyl sites for hydroxylation is 1. The highest BCUT2D eigenvalue weighted by molar-refractivity contribution is 7.89. The van der Waals surface area contributed by atoms with E-state index in [4.69, 9.17) is 4.74 Å². The fourth-order valence-corrected chi connectivity index (χ4v) is 3.97. The van der Waals surface area contributed by atoms with Crippen LogP contribution in [0, 0.1) is 18.8 Å². The molecule has 1 heterocycles. The molecule has 2 aromatic carbocycles. The van der Waals surface area contributed by atoms with E-state index in [1.165, 1.54) is 7.11 Å². The van der Waals surface area contributed by atoms with E-state index in [0.717, 1.165) is 16.8 Å². The number of carbonyl (C=O) groups excluding carboxylic acids is 1. The van der Waals surface area contributed by atoms with Crippen molar-refractivity contribution in [3.05, 3.63) is 53.6 Å². The summed E-state index contributed by atoms with van der Waals surface area (Å²) in [6.07, 6.45) is 0. The SMILES string of the molecule is COc1ccc(C)cc1S(=O)(=O)NCC#Cc1ccc(N2CCNC2=O)cc1. The summed E-state index contributed by atoms with van der Waals surface area (Å²) in [4.78, 5) is 13.4. The lowest BCUT2D eigenvalue weighted by Crippen LogP contribution is -2.27. The molecule has 1 saturated heterocycles. The third-order valence-electron chi connectivity index (χ3n) is 4.23. The zero-order chi connectivity index (χ0) is 20.1. The van der Waals surface area contributed by atoms with Gasteiger partial charge in [-0.25, -0.2) is 13.2 Å². The molecule has 0 saturated carbocycles. The summed E-state index contributed by atoms with van der Waals surface area (Å²) >= 11 is 0. The maximum atomic E-state index is 12.5. The summed E-state index contributed by atoms with van der Waals surface area (Å²) in [6.45, 7) is 3.05. The monoisotopic (exact) mass is 399 g/mol. The molecule has 0 aromatic heterocycles. The maximum absolute atomic E-state index is 12.5. The molecule has 2 N–H and O–H groups in total. The van der Waals surface area contributed by atoms with Gasteiger partial charge in [0.15, 0.2) is 0 Å². The largest absolute Gasteiger partial charge is 0.495 e. The van der Waals surface area contributed by atoms with E-state index in [-0.39, 0.29) is 23.2 Å². The van der Waals surface area contributed by atoms with Gasteiger partial charge in [-0.15, -0.1) is 0 Å². The van der Waals surface area contributed by atoms with Gasteiger partial charge in [-0.3, -0.25) is 4.90 Å². The first kappa shape index (κ1) is 19.7. The van der Waals surface area contributed by atoms with Crippen molar-refractivity contribution in [2.75, 3.05) is 31.6 Å². The first-order valence-electron chi connectivity index (χ1n) is 8.69. The number of amides is 2. The van der Waals surface area contributed by atoms with Crippen molar-refractivity contribution < 1.29 is 17.9 Å². The molecular weight excluding hydrogens is 378 g/mol. The Morgan fingerprint density at radius 3 is 2.61 bits per heavy atom. The lowest BCUT2D eigenvalue weighted by molar-refractivity contribution is 0.252. The van der Waals surface area contributed by atoms with Crippen LogP contribution in [0.2, 0.25) is 0 Å². The summed E-state index contributed by atoms with van der Waals surface area (Å²) in [7, 11) is -2.30. The third kappa shape index (κ3) is 4.44. The van der Waals surface area contributed by atoms with Crippen LogP contribution < -0.4 is 19.7 Å². The van der Waals surface area contributed by atoms with Crippen LogP contribution in [0.25, 0.3) is 0 Å². The van der Waals surface area contributed by atoms with E-state index in [1.807, 2.05) is 19.1 Å². The molecule has 2 aromatic rings. The van der Waals surface area contributed by atoms with Gasteiger partial charge in [0.05, 0.1) is 13.7 Å². The quantitative estimate of drug-likeness (QED) is 0.752. The van der Waals surface area contributed by atoms with Crippen molar-refractivity contribution in [3.8, 4) is 17.6 Å². The first-order valence-corrected chi connectivity index (χ1v) is 10.2. The molecule has 1 aliphatic rings. The number of methoxy groups -OCH3 is 1. The molecule has 0 radical (unpaired) electrons. The van der Waals surface area contributed by atoms with Gasteiger partial charge in [0.2, 0.25) is 10.0 Å². The zero-order valence-electron chi connectivity index (χ0n) is 15.7. The van der Waals surface area contributed by atoms with Crippen LogP contribution in [-0.2, 0) is 10.0 Å². The number of hydrogen-bond donors (Lipinski definition) is 2. The van der Waals surface area contributed by atoms with Crippen molar-refractivity contribution in [2.45, 2.75) is 11.8 Å². The number of urea groups is 1. The fourth-order valence-electron chi connectivity index (χ4n) is 2.79. The number of anilines is 1. The summed E-state index contributed by atoms with van der Waals surface area (Å²) in [5, 5.41) is 2.75. The van der Waals surface area contributed by atoms with Crippen LogP contribution >= 0.6 is 0 Å². The lowest BCUT2D eigenvalue weighted by Gasteiger charge is -2.13. The fraction of sp³-hybridized carbons (Fsp3) is 0.250. The molecule has 2 amide bonds. The third-order valence-corrected chi connectivity index (χ3v) is 5.65. The van der Waals surface area contributed by atoms with Gasteiger partial charge in [-0.1, -0.05) is 17.9 Å². The van der Waals surface area contributed by atoms with Crippen LogP contribution in [0.5, 0.6) is 5.75 Å². The molecule has 146 valence electrons. The number of hydrogen-bond acceptors (Lipinski definition) is 4.